The maximum atomic E-state index is 12.2. The molecule has 6 heteroatoms. The van der Waals surface area contributed by atoms with Crippen LogP contribution in [0.3, 0.4) is 0 Å². The number of ether oxygens (including phenoxy) is 3. The molecule has 0 saturated heterocycles. The van der Waals surface area contributed by atoms with Crippen LogP contribution in [0.25, 0.3) is 11.0 Å². The zero-order valence-corrected chi connectivity index (χ0v) is 12.7. The van der Waals surface area contributed by atoms with E-state index in [1.807, 2.05) is 0 Å². The van der Waals surface area contributed by atoms with E-state index >= 15 is 0 Å². The minimum atomic E-state index is -0.803. The Morgan fingerprint density at radius 1 is 1.45 bits per heavy atom. The summed E-state index contributed by atoms with van der Waals surface area (Å²) in [5.74, 6) is 0.890. The van der Waals surface area contributed by atoms with E-state index in [2.05, 4.69) is 0 Å². The summed E-state index contributed by atoms with van der Waals surface area (Å²) in [6.07, 6.45) is 0.948. The summed E-state index contributed by atoms with van der Waals surface area (Å²) in [6, 6.07) is 2.97. The van der Waals surface area contributed by atoms with Crippen molar-refractivity contribution in [1.82, 2.24) is 0 Å². The molecule has 0 fully saturated rings. The highest BCUT2D eigenvalue weighted by atomic mass is 16.7. The number of hydrogen-bond donors (Lipinski definition) is 1. The number of aliphatic hydroxyl groups excluding tert-OH is 1. The minimum absolute atomic E-state index is 0.0501. The molecule has 6 nitrogen and oxygen atoms in total. The van der Waals surface area contributed by atoms with Gasteiger partial charge in [0.2, 0.25) is 0 Å². The van der Waals surface area contributed by atoms with Crippen LogP contribution >= 0.6 is 0 Å². The predicted octanol–water partition coefficient (Wildman–Crippen LogP) is 1.85. The number of benzene rings is 1. The van der Waals surface area contributed by atoms with Gasteiger partial charge in [-0.3, -0.25) is 4.79 Å². The number of fused-ring (bicyclic) bond motifs is 3. The van der Waals surface area contributed by atoms with Crippen LogP contribution in [0.1, 0.15) is 19.4 Å². The van der Waals surface area contributed by atoms with Crippen LogP contribution in [0.5, 0.6) is 11.5 Å². The molecule has 0 radical (unpaired) electrons. The van der Waals surface area contributed by atoms with Gasteiger partial charge in [0.05, 0.1) is 12.4 Å². The van der Waals surface area contributed by atoms with Crippen molar-refractivity contribution in [2.24, 2.45) is 0 Å². The van der Waals surface area contributed by atoms with Crippen molar-refractivity contribution >= 4 is 11.0 Å². The third-order valence-corrected chi connectivity index (χ3v) is 3.87. The Balaban J connectivity index is 2.27. The van der Waals surface area contributed by atoms with Gasteiger partial charge in [0.15, 0.2) is 12.2 Å². The lowest BCUT2D eigenvalue weighted by Gasteiger charge is -2.37. The van der Waals surface area contributed by atoms with Crippen molar-refractivity contribution in [2.75, 3.05) is 13.9 Å². The van der Waals surface area contributed by atoms with Crippen LogP contribution in [-0.4, -0.2) is 30.7 Å². The molecule has 0 saturated carbocycles. The molecule has 2 aromatic rings. The van der Waals surface area contributed by atoms with Crippen molar-refractivity contribution in [1.29, 1.82) is 0 Å². The van der Waals surface area contributed by atoms with Crippen molar-refractivity contribution in [2.45, 2.75) is 32.0 Å². The third-order valence-electron chi connectivity index (χ3n) is 3.87. The molecule has 2 heterocycles. The summed E-state index contributed by atoms with van der Waals surface area (Å²) in [5.41, 5.74) is 0.0321. The highest BCUT2D eigenvalue weighted by Crippen LogP contribution is 2.42. The molecule has 22 heavy (non-hydrogen) atoms. The van der Waals surface area contributed by atoms with Crippen molar-refractivity contribution in [3.63, 3.8) is 0 Å². The zero-order chi connectivity index (χ0) is 15.9. The Kier molecular flexibility index (Phi) is 3.58. The van der Waals surface area contributed by atoms with Gasteiger partial charge in [0, 0.05) is 31.2 Å². The fourth-order valence-electron chi connectivity index (χ4n) is 2.56. The zero-order valence-electron chi connectivity index (χ0n) is 12.7. The largest absolute Gasteiger partial charge is 0.484 e. The Morgan fingerprint density at radius 3 is 2.95 bits per heavy atom. The maximum absolute atomic E-state index is 12.2. The van der Waals surface area contributed by atoms with Crippen molar-refractivity contribution < 1.29 is 23.7 Å². The number of rotatable bonds is 3. The highest BCUT2D eigenvalue weighted by molar-refractivity contribution is 5.87. The second-order valence-corrected chi connectivity index (χ2v) is 5.82. The molecule has 1 aliphatic heterocycles. The second kappa shape index (κ2) is 5.30. The quantitative estimate of drug-likeness (QED) is 0.872. The van der Waals surface area contributed by atoms with E-state index in [-0.39, 0.29) is 12.2 Å². The number of aliphatic hydroxyl groups is 1. The first-order valence-corrected chi connectivity index (χ1v) is 7.00. The fraction of sp³-hybridized carbons (Fsp3) is 0.438. The lowest BCUT2D eigenvalue weighted by Crippen LogP contribution is -2.46. The van der Waals surface area contributed by atoms with Crippen LogP contribution in [0, 0.1) is 0 Å². The minimum Gasteiger partial charge on any atom is -0.484 e. The molecule has 1 atom stereocenters. The van der Waals surface area contributed by atoms with E-state index in [1.54, 1.807) is 19.9 Å². The fourth-order valence-corrected chi connectivity index (χ4v) is 2.56. The first-order chi connectivity index (χ1) is 10.4. The summed E-state index contributed by atoms with van der Waals surface area (Å²) < 4.78 is 21.8. The van der Waals surface area contributed by atoms with Gasteiger partial charge in [-0.2, -0.15) is 0 Å². The first-order valence-electron chi connectivity index (χ1n) is 7.00. The second-order valence-electron chi connectivity index (χ2n) is 5.82. The molecular weight excluding hydrogens is 288 g/mol. The molecule has 1 N–H and O–H groups in total. The van der Waals surface area contributed by atoms with Gasteiger partial charge in [-0.25, -0.2) is 0 Å². The molecule has 0 aliphatic carbocycles. The molecule has 3 rings (SSSR count). The summed E-state index contributed by atoms with van der Waals surface area (Å²) >= 11 is 0. The average Bonchev–Trinajstić information content (AvgIpc) is 2.46. The smallest absolute Gasteiger partial charge is 0.196 e. The molecule has 118 valence electrons. The monoisotopic (exact) mass is 306 g/mol. The predicted molar refractivity (Wildman–Crippen MR) is 79.4 cm³/mol. The third kappa shape index (κ3) is 2.34. The van der Waals surface area contributed by atoms with Gasteiger partial charge < -0.3 is 23.7 Å². The van der Waals surface area contributed by atoms with E-state index in [0.717, 1.165) is 0 Å². The average molecular weight is 306 g/mol. The van der Waals surface area contributed by atoms with Crippen molar-refractivity contribution in [3.05, 3.63) is 34.2 Å². The van der Waals surface area contributed by atoms with Crippen LogP contribution < -0.4 is 14.9 Å². The molecule has 0 bridgehead atoms. The topological polar surface area (TPSA) is 78.1 Å². The van der Waals surface area contributed by atoms with Crippen LogP contribution in [0.4, 0.5) is 0 Å². The molecule has 0 amide bonds. The normalized spacial score (nSPS) is 19.5. The lowest BCUT2D eigenvalue weighted by atomic mass is 9.89. The summed E-state index contributed by atoms with van der Waals surface area (Å²) in [6.45, 7) is 3.61. The summed E-state index contributed by atoms with van der Waals surface area (Å²) in [7, 11) is 1.52. The Hall–Kier alpha value is -2.05. The molecule has 1 aromatic carbocycles. The molecule has 1 aliphatic rings. The van der Waals surface area contributed by atoms with Gasteiger partial charge in [-0.1, -0.05) is 0 Å². The number of hydrogen-bond acceptors (Lipinski definition) is 6. The molecule has 1 unspecified atom stereocenters. The first kappa shape index (κ1) is 14.9. The highest BCUT2D eigenvalue weighted by Gasteiger charge is 2.38. The summed E-state index contributed by atoms with van der Waals surface area (Å²) in [5, 5.41) is 10.6. The molecule has 0 spiro atoms. The lowest BCUT2D eigenvalue weighted by molar-refractivity contribution is -0.0415. The molecular formula is C16H18O6. The Morgan fingerprint density at radius 2 is 2.23 bits per heavy atom. The van der Waals surface area contributed by atoms with E-state index in [9.17, 15) is 9.90 Å². The maximum Gasteiger partial charge on any atom is 0.196 e. The SMILES string of the molecule is COCOc1cc2occc(=O)c2c2c1CC(O)C(C)(C)O2. The van der Waals surface area contributed by atoms with E-state index < -0.39 is 11.7 Å². The number of methoxy groups -OCH3 is 1. The standard InChI is InChI=1S/C16H18O6/c1-16(2)13(18)6-9-11(21-8-19-3)7-12-14(15(9)22-16)10(17)4-5-20-12/h4-5,7,13,18H,6,8H2,1-3H3. The van der Waals surface area contributed by atoms with E-state index in [4.69, 9.17) is 18.6 Å². The van der Waals surface area contributed by atoms with Crippen LogP contribution in [-0.2, 0) is 11.2 Å². The Bertz CT molecular complexity index is 761. The Labute approximate surface area is 127 Å². The summed E-state index contributed by atoms with van der Waals surface area (Å²) in [4.78, 5) is 12.2. The molecule has 1 aromatic heterocycles. The van der Waals surface area contributed by atoms with Gasteiger partial charge in [-0.15, -0.1) is 0 Å². The van der Waals surface area contributed by atoms with E-state index in [0.29, 0.717) is 34.5 Å². The van der Waals surface area contributed by atoms with Gasteiger partial charge >= 0.3 is 0 Å². The van der Waals surface area contributed by atoms with Crippen LogP contribution in [0.15, 0.2) is 27.6 Å². The van der Waals surface area contributed by atoms with Gasteiger partial charge in [-0.05, 0) is 13.8 Å². The van der Waals surface area contributed by atoms with Crippen LogP contribution in [0.2, 0.25) is 0 Å². The van der Waals surface area contributed by atoms with Gasteiger partial charge in [0.1, 0.15) is 28.1 Å². The van der Waals surface area contributed by atoms with Gasteiger partial charge in [0.25, 0.3) is 0 Å². The van der Waals surface area contributed by atoms with E-state index in [1.165, 1.54) is 19.4 Å². The van der Waals surface area contributed by atoms with Crippen molar-refractivity contribution in [3.8, 4) is 11.5 Å².